The summed E-state index contributed by atoms with van der Waals surface area (Å²) in [4.78, 5) is 16.5. The molecule has 100 valence electrons. The number of piperazine rings is 1. The quantitative estimate of drug-likeness (QED) is 0.734. The van der Waals surface area contributed by atoms with E-state index in [2.05, 4.69) is 27.8 Å². The van der Waals surface area contributed by atoms with E-state index in [-0.39, 0.29) is 6.09 Å². The Morgan fingerprint density at radius 2 is 1.82 bits per heavy atom. The van der Waals surface area contributed by atoms with Crippen LogP contribution in [0.2, 0.25) is 0 Å². The van der Waals surface area contributed by atoms with Crippen LogP contribution in [0.5, 0.6) is 0 Å². The van der Waals surface area contributed by atoms with Crippen molar-refractivity contribution in [2.75, 3.05) is 32.7 Å². The largest absolute Gasteiger partial charge is 0.444 e. The summed E-state index contributed by atoms with van der Waals surface area (Å²) in [5, 5.41) is 0. The normalized spacial score (nSPS) is 20.2. The summed E-state index contributed by atoms with van der Waals surface area (Å²) in [5.41, 5.74) is -0.404. The molecule has 0 spiro atoms. The SMILES string of the molecule is CC(Br)CN1CCN(C(=O)OC(C)(C)C)CC1. The van der Waals surface area contributed by atoms with Crippen LogP contribution in [0, 0.1) is 0 Å². The van der Waals surface area contributed by atoms with Gasteiger partial charge in [-0.1, -0.05) is 22.9 Å². The Morgan fingerprint density at radius 1 is 1.29 bits per heavy atom. The van der Waals surface area contributed by atoms with Crippen molar-refractivity contribution in [2.24, 2.45) is 0 Å². The van der Waals surface area contributed by atoms with Crippen molar-refractivity contribution in [1.29, 1.82) is 0 Å². The van der Waals surface area contributed by atoms with E-state index in [0.29, 0.717) is 4.83 Å². The first-order chi connectivity index (χ1) is 7.78. The number of carbonyl (C=O) groups is 1. The maximum atomic E-state index is 11.8. The van der Waals surface area contributed by atoms with Gasteiger partial charge in [0.05, 0.1) is 0 Å². The number of amides is 1. The first-order valence-corrected chi connectivity index (χ1v) is 7.04. The maximum Gasteiger partial charge on any atom is 0.410 e. The number of ether oxygens (including phenoxy) is 1. The van der Waals surface area contributed by atoms with Crippen LogP contribution in [-0.4, -0.2) is 59.0 Å². The van der Waals surface area contributed by atoms with Crippen LogP contribution in [0.15, 0.2) is 0 Å². The van der Waals surface area contributed by atoms with Gasteiger partial charge in [-0.05, 0) is 20.8 Å². The van der Waals surface area contributed by atoms with Crippen molar-refractivity contribution in [3.63, 3.8) is 0 Å². The van der Waals surface area contributed by atoms with Gasteiger partial charge < -0.3 is 9.64 Å². The molecule has 0 bridgehead atoms. The average molecular weight is 307 g/mol. The van der Waals surface area contributed by atoms with E-state index in [9.17, 15) is 4.79 Å². The van der Waals surface area contributed by atoms with Crippen molar-refractivity contribution in [1.82, 2.24) is 9.80 Å². The lowest BCUT2D eigenvalue weighted by atomic mass is 10.2. The van der Waals surface area contributed by atoms with E-state index in [1.165, 1.54) is 0 Å². The van der Waals surface area contributed by atoms with Gasteiger partial charge in [-0.2, -0.15) is 0 Å². The van der Waals surface area contributed by atoms with Crippen molar-refractivity contribution in [2.45, 2.75) is 38.1 Å². The van der Waals surface area contributed by atoms with Gasteiger partial charge in [0.1, 0.15) is 5.60 Å². The molecule has 0 saturated carbocycles. The lowest BCUT2D eigenvalue weighted by Gasteiger charge is -2.36. The van der Waals surface area contributed by atoms with Crippen LogP contribution < -0.4 is 0 Å². The zero-order valence-electron chi connectivity index (χ0n) is 11.2. The highest BCUT2D eigenvalue weighted by atomic mass is 79.9. The number of carbonyl (C=O) groups excluding carboxylic acids is 1. The van der Waals surface area contributed by atoms with E-state index in [4.69, 9.17) is 4.74 Å². The number of hydrogen-bond acceptors (Lipinski definition) is 3. The van der Waals surface area contributed by atoms with E-state index in [0.717, 1.165) is 32.7 Å². The molecule has 0 aromatic heterocycles. The number of rotatable bonds is 2. The van der Waals surface area contributed by atoms with Gasteiger partial charge in [0.2, 0.25) is 0 Å². The summed E-state index contributed by atoms with van der Waals surface area (Å²) >= 11 is 3.55. The Hall–Kier alpha value is -0.290. The summed E-state index contributed by atoms with van der Waals surface area (Å²) in [6.07, 6.45) is -0.191. The second-order valence-corrected chi connectivity index (χ2v) is 7.11. The van der Waals surface area contributed by atoms with Crippen LogP contribution in [0.25, 0.3) is 0 Å². The van der Waals surface area contributed by atoms with Gasteiger partial charge in [0.25, 0.3) is 0 Å². The highest BCUT2D eigenvalue weighted by Gasteiger charge is 2.25. The molecule has 1 amide bonds. The van der Waals surface area contributed by atoms with Crippen molar-refractivity contribution >= 4 is 22.0 Å². The molecule has 17 heavy (non-hydrogen) atoms. The Labute approximate surface area is 112 Å². The smallest absolute Gasteiger partial charge is 0.410 e. The van der Waals surface area contributed by atoms with E-state index in [1.54, 1.807) is 4.90 Å². The minimum absolute atomic E-state index is 0.191. The molecule has 0 aromatic rings. The van der Waals surface area contributed by atoms with Gasteiger partial charge in [0, 0.05) is 37.6 Å². The van der Waals surface area contributed by atoms with Gasteiger partial charge >= 0.3 is 6.09 Å². The van der Waals surface area contributed by atoms with Crippen LogP contribution in [0.3, 0.4) is 0 Å². The Morgan fingerprint density at radius 3 is 2.24 bits per heavy atom. The van der Waals surface area contributed by atoms with E-state index < -0.39 is 5.60 Å². The summed E-state index contributed by atoms with van der Waals surface area (Å²) in [6, 6.07) is 0. The Bertz CT molecular complexity index is 256. The summed E-state index contributed by atoms with van der Waals surface area (Å²) in [6.45, 7) is 12.2. The van der Waals surface area contributed by atoms with E-state index in [1.807, 2.05) is 20.8 Å². The van der Waals surface area contributed by atoms with Crippen molar-refractivity contribution in [3.05, 3.63) is 0 Å². The van der Waals surface area contributed by atoms with Crippen molar-refractivity contribution < 1.29 is 9.53 Å². The van der Waals surface area contributed by atoms with Crippen LogP contribution >= 0.6 is 15.9 Å². The zero-order chi connectivity index (χ0) is 13.1. The lowest BCUT2D eigenvalue weighted by Crippen LogP contribution is -2.50. The molecule has 1 fully saturated rings. The molecule has 0 aliphatic carbocycles. The molecule has 1 saturated heterocycles. The van der Waals surface area contributed by atoms with Crippen LogP contribution in [-0.2, 0) is 4.74 Å². The highest BCUT2D eigenvalue weighted by Crippen LogP contribution is 2.12. The molecule has 1 aliphatic rings. The average Bonchev–Trinajstić information content (AvgIpc) is 2.15. The van der Waals surface area contributed by atoms with Crippen molar-refractivity contribution in [3.8, 4) is 0 Å². The molecule has 0 aromatic carbocycles. The summed E-state index contributed by atoms with van der Waals surface area (Å²) in [7, 11) is 0. The minimum atomic E-state index is -0.404. The van der Waals surface area contributed by atoms with Gasteiger partial charge in [-0.15, -0.1) is 0 Å². The first kappa shape index (κ1) is 14.8. The van der Waals surface area contributed by atoms with E-state index >= 15 is 0 Å². The van der Waals surface area contributed by atoms with Crippen LogP contribution in [0.1, 0.15) is 27.7 Å². The summed E-state index contributed by atoms with van der Waals surface area (Å²) < 4.78 is 5.35. The molecule has 1 aliphatic heterocycles. The fraction of sp³-hybridized carbons (Fsp3) is 0.917. The Kier molecular flexibility index (Phi) is 5.25. The number of halogens is 1. The molecule has 1 heterocycles. The first-order valence-electron chi connectivity index (χ1n) is 6.12. The second kappa shape index (κ2) is 6.05. The monoisotopic (exact) mass is 306 g/mol. The van der Waals surface area contributed by atoms with Gasteiger partial charge in [0.15, 0.2) is 0 Å². The maximum absolute atomic E-state index is 11.8. The lowest BCUT2D eigenvalue weighted by molar-refractivity contribution is 0.0147. The molecule has 5 heteroatoms. The van der Waals surface area contributed by atoms with Gasteiger partial charge in [-0.25, -0.2) is 4.79 Å². The molecule has 0 radical (unpaired) electrons. The van der Waals surface area contributed by atoms with Gasteiger partial charge in [-0.3, -0.25) is 4.90 Å². The molecular weight excluding hydrogens is 284 g/mol. The fourth-order valence-corrected chi connectivity index (χ4v) is 2.20. The zero-order valence-corrected chi connectivity index (χ0v) is 12.8. The number of nitrogens with zero attached hydrogens (tertiary/aromatic N) is 2. The predicted octanol–water partition coefficient (Wildman–Crippen LogP) is 2.32. The Balaban J connectivity index is 2.34. The molecule has 1 rings (SSSR count). The highest BCUT2D eigenvalue weighted by molar-refractivity contribution is 9.09. The summed E-state index contributed by atoms with van der Waals surface area (Å²) in [5.74, 6) is 0. The fourth-order valence-electron chi connectivity index (χ4n) is 1.80. The second-order valence-electron chi connectivity index (χ2n) is 5.55. The third-order valence-electron chi connectivity index (χ3n) is 2.53. The predicted molar refractivity (Wildman–Crippen MR) is 72.6 cm³/mol. The van der Waals surface area contributed by atoms with Crippen LogP contribution in [0.4, 0.5) is 4.79 Å². The minimum Gasteiger partial charge on any atom is -0.444 e. The number of alkyl halides is 1. The topological polar surface area (TPSA) is 32.8 Å². The third-order valence-corrected chi connectivity index (χ3v) is 2.82. The molecular formula is C12H23BrN2O2. The molecule has 0 N–H and O–H groups in total. The third kappa shape index (κ3) is 5.73. The molecule has 1 atom stereocenters. The standard InChI is InChI=1S/C12H23BrN2O2/c1-10(13)9-14-5-7-15(8-6-14)11(16)17-12(2,3)4/h10H,5-9H2,1-4H3. The molecule has 4 nitrogen and oxygen atoms in total. The number of hydrogen-bond donors (Lipinski definition) is 0. The molecule has 1 unspecified atom stereocenters.